The molecule has 1 aromatic heterocycles. The second-order valence-corrected chi connectivity index (χ2v) is 5.48. The van der Waals surface area contributed by atoms with Gasteiger partial charge < -0.3 is 4.74 Å². The summed E-state index contributed by atoms with van der Waals surface area (Å²) < 4.78 is 35.7. The smallest absolute Gasteiger partial charge is 0.349 e. The average Bonchev–Trinajstić information content (AvgIpc) is 2.81. The lowest BCUT2D eigenvalue weighted by Gasteiger charge is -2.14. The van der Waals surface area contributed by atoms with Gasteiger partial charge in [0.05, 0.1) is 0 Å². The van der Waals surface area contributed by atoms with Crippen molar-refractivity contribution in [2.24, 2.45) is 0 Å². The largest absolute Gasteiger partial charge is 0.632 e. The normalized spacial score (nSPS) is 25.6. The Balaban J connectivity index is 2.13. The predicted molar refractivity (Wildman–Crippen MR) is 68.7 cm³/mol. The molecule has 1 N–H and O–H groups in total. The Kier molecular flexibility index (Phi) is 4.63. The van der Waals surface area contributed by atoms with Crippen LogP contribution in [0.15, 0.2) is 15.8 Å². The second-order valence-electron chi connectivity index (χ2n) is 4.51. The highest BCUT2D eigenvalue weighted by molar-refractivity contribution is 7.44. The van der Waals surface area contributed by atoms with Crippen molar-refractivity contribution in [3.63, 3.8) is 0 Å². The van der Waals surface area contributed by atoms with E-state index in [2.05, 4.69) is 9.51 Å². The minimum Gasteiger partial charge on any atom is -0.349 e. The summed E-state index contributed by atoms with van der Waals surface area (Å²) in [5.74, 6) is 1.38. The van der Waals surface area contributed by atoms with E-state index in [1.165, 1.54) is 18.9 Å². The van der Waals surface area contributed by atoms with Gasteiger partial charge >= 0.3 is 19.5 Å². The van der Waals surface area contributed by atoms with Crippen LogP contribution < -0.4 is 11.2 Å². The first kappa shape index (κ1) is 15.5. The Labute approximate surface area is 119 Å². The van der Waals surface area contributed by atoms with Gasteiger partial charge in [-0.05, 0) is 11.5 Å². The topological polar surface area (TPSA) is 114 Å². The van der Waals surface area contributed by atoms with Crippen molar-refractivity contribution >= 4 is 8.03 Å². The summed E-state index contributed by atoms with van der Waals surface area (Å²) in [5.41, 5.74) is -0.926. The molecule has 1 aliphatic rings. The van der Waals surface area contributed by atoms with Gasteiger partial charge in [0.25, 0.3) is 5.56 Å². The first-order chi connectivity index (χ1) is 9.92. The van der Waals surface area contributed by atoms with E-state index in [9.17, 15) is 18.5 Å². The van der Waals surface area contributed by atoms with Gasteiger partial charge in [0, 0.05) is 18.2 Å². The highest BCUT2D eigenvalue weighted by Gasteiger charge is 2.39. The molecule has 1 aliphatic heterocycles. The van der Waals surface area contributed by atoms with Gasteiger partial charge in [0.1, 0.15) is 25.1 Å². The Morgan fingerprint density at radius 1 is 1.67 bits per heavy atom. The third-order valence-corrected chi connectivity index (χ3v) is 3.60. The van der Waals surface area contributed by atoms with E-state index in [0.29, 0.717) is 5.56 Å². The molecule has 0 aliphatic carbocycles. The number of nitrogens with zero attached hydrogens (tertiary/aromatic N) is 2. The molecule has 0 aromatic carbocycles. The fraction of sp³-hybridized carbons (Fsp3) is 0.545. The van der Waals surface area contributed by atoms with Gasteiger partial charge in [-0.25, -0.2) is 9.18 Å². The zero-order chi connectivity index (χ0) is 15.6. The van der Waals surface area contributed by atoms with Crippen LogP contribution in [0.5, 0.6) is 0 Å². The molecule has 1 fully saturated rings. The molecule has 2 unspecified atom stereocenters. The van der Waals surface area contributed by atoms with Crippen molar-refractivity contribution in [3.8, 4) is 5.81 Å². The van der Waals surface area contributed by atoms with Crippen LogP contribution in [0.3, 0.4) is 0 Å². The molecule has 0 amide bonds. The van der Waals surface area contributed by atoms with Crippen molar-refractivity contribution in [3.05, 3.63) is 32.6 Å². The van der Waals surface area contributed by atoms with Gasteiger partial charge in [0.15, 0.2) is 0 Å². The first-order valence-electron chi connectivity index (χ1n) is 6.04. The molecule has 0 saturated carbocycles. The summed E-state index contributed by atoms with van der Waals surface area (Å²) >= 11 is 0. The Bertz CT molecular complexity index is 709. The number of hydrogen-bond acceptors (Lipinski definition) is 6. The molecule has 10 heteroatoms. The highest BCUT2D eigenvalue weighted by Crippen LogP contribution is 2.32. The first-order valence-corrected chi connectivity index (χ1v) is 7.21. The van der Waals surface area contributed by atoms with E-state index in [4.69, 9.17) is 10.00 Å². The second kappa shape index (κ2) is 6.26. The maximum atomic E-state index is 13.8. The van der Waals surface area contributed by atoms with Crippen LogP contribution in [0.25, 0.3) is 0 Å². The number of nitrogens with one attached hydrogen (secondary N) is 1. The molecule has 2 rings (SSSR count). The number of nitriles is 1. The van der Waals surface area contributed by atoms with E-state index in [1.807, 2.05) is 0 Å². The van der Waals surface area contributed by atoms with Crippen LogP contribution in [0.4, 0.5) is 4.39 Å². The third-order valence-electron chi connectivity index (χ3n) is 3.06. The minimum absolute atomic E-state index is 0.108. The van der Waals surface area contributed by atoms with E-state index >= 15 is 0 Å². The summed E-state index contributed by atoms with van der Waals surface area (Å²) in [6.45, 7) is 1.16. The Hall–Kier alpha value is -1.88. The van der Waals surface area contributed by atoms with E-state index in [-0.39, 0.29) is 13.0 Å². The van der Waals surface area contributed by atoms with Gasteiger partial charge in [0.2, 0.25) is 0 Å². The molecule has 8 nitrogen and oxygen atoms in total. The molecular weight excluding hydrogens is 304 g/mol. The maximum absolute atomic E-state index is 13.8. The molecule has 0 radical (unpaired) electrons. The fourth-order valence-electron chi connectivity index (χ4n) is 1.98. The van der Waals surface area contributed by atoms with Crippen LogP contribution in [-0.4, -0.2) is 28.4 Å². The number of aromatic nitrogens is 2. The van der Waals surface area contributed by atoms with Crippen LogP contribution in [-0.2, 0) is 13.8 Å². The van der Waals surface area contributed by atoms with E-state index in [0.717, 1.165) is 4.57 Å². The number of alkyl halides is 1. The van der Waals surface area contributed by atoms with Crippen LogP contribution >= 0.6 is 8.03 Å². The number of aromatic amines is 1. The van der Waals surface area contributed by atoms with Crippen molar-refractivity contribution in [1.82, 2.24) is 9.55 Å². The minimum atomic E-state index is -2.50. The summed E-state index contributed by atoms with van der Waals surface area (Å²) in [7, 11) is -2.50. The van der Waals surface area contributed by atoms with Crippen LogP contribution in [0.2, 0.25) is 0 Å². The molecule has 1 aromatic rings. The average molecular weight is 316 g/mol. The third kappa shape index (κ3) is 3.42. The predicted octanol–water partition coefficient (Wildman–Crippen LogP) is 0.711. The number of halogens is 1. The molecule has 0 spiro atoms. The lowest BCUT2D eigenvalue weighted by molar-refractivity contribution is -0.0293. The fourth-order valence-corrected chi connectivity index (χ4v) is 2.32. The van der Waals surface area contributed by atoms with Gasteiger partial charge in [-0.15, -0.1) is 9.79 Å². The van der Waals surface area contributed by atoms with E-state index in [1.54, 1.807) is 0 Å². The zero-order valence-corrected chi connectivity index (χ0v) is 11.9. The van der Waals surface area contributed by atoms with Crippen LogP contribution in [0, 0.1) is 18.0 Å². The SMILES string of the molecule is Cc1cn([C@H]2CC(F)[C@@H](CO[P+](=O)C#N)O2)c(=O)[nH]c1=O. The quantitative estimate of drug-likeness (QED) is 0.818. The number of aryl methyl sites for hydroxylation is 1. The number of rotatable bonds is 4. The van der Waals surface area contributed by atoms with Crippen LogP contribution in [0.1, 0.15) is 18.2 Å². The van der Waals surface area contributed by atoms with Crippen molar-refractivity contribution in [1.29, 1.82) is 5.26 Å². The molecular formula is C11H12FN3O5P+. The summed E-state index contributed by atoms with van der Waals surface area (Å²) in [6, 6.07) is 0. The van der Waals surface area contributed by atoms with Gasteiger partial charge in [-0.3, -0.25) is 14.3 Å². The molecule has 2 heterocycles. The summed E-state index contributed by atoms with van der Waals surface area (Å²) in [4.78, 5) is 25.1. The summed E-state index contributed by atoms with van der Waals surface area (Å²) in [5, 5.41) is 8.33. The lowest BCUT2D eigenvalue weighted by atomic mass is 10.2. The van der Waals surface area contributed by atoms with Crippen molar-refractivity contribution in [2.75, 3.05) is 6.61 Å². The van der Waals surface area contributed by atoms with Gasteiger partial charge in [-0.2, -0.15) is 0 Å². The highest BCUT2D eigenvalue weighted by atomic mass is 31.1. The van der Waals surface area contributed by atoms with Crippen molar-refractivity contribution < 1.29 is 18.2 Å². The molecule has 21 heavy (non-hydrogen) atoms. The zero-order valence-electron chi connectivity index (χ0n) is 11.0. The number of hydrogen-bond donors (Lipinski definition) is 1. The molecule has 1 saturated heterocycles. The molecule has 0 bridgehead atoms. The van der Waals surface area contributed by atoms with Crippen molar-refractivity contribution in [2.45, 2.75) is 31.8 Å². The standard InChI is InChI=1S/C11H11FN3O5P/c1-6-3-15(11(17)14-10(6)16)9-2-7(12)8(20-9)4-19-21(18)5-13/h3,7-9H,2,4H2,1H3/p+1/t7?,8-,9-/m1/s1. The van der Waals surface area contributed by atoms with Gasteiger partial charge in [-0.1, -0.05) is 0 Å². The molecule has 4 atom stereocenters. The maximum Gasteiger partial charge on any atom is 0.632 e. The number of H-pyrrole nitrogens is 1. The Morgan fingerprint density at radius 3 is 3.05 bits per heavy atom. The monoisotopic (exact) mass is 316 g/mol. The number of ether oxygens (including phenoxy) is 1. The lowest BCUT2D eigenvalue weighted by Crippen LogP contribution is -2.33. The molecule has 112 valence electrons. The van der Waals surface area contributed by atoms with E-state index < -0.39 is 37.8 Å². The Morgan fingerprint density at radius 2 is 2.38 bits per heavy atom. The summed E-state index contributed by atoms with van der Waals surface area (Å²) in [6.07, 6.45) is -2.17.